The second kappa shape index (κ2) is 10.9. The molecule has 20 heavy (non-hydrogen) atoms. The Morgan fingerprint density at radius 3 is 2.70 bits per heavy atom. The summed E-state index contributed by atoms with van der Waals surface area (Å²) < 4.78 is 0. The highest BCUT2D eigenvalue weighted by Crippen LogP contribution is 2.01. The second-order valence-electron chi connectivity index (χ2n) is 4.72. The van der Waals surface area contributed by atoms with Gasteiger partial charge in [0.2, 0.25) is 0 Å². The van der Waals surface area contributed by atoms with Crippen LogP contribution in [0.1, 0.15) is 38.1 Å². The minimum atomic E-state index is 0. The lowest BCUT2D eigenvalue weighted by molar-refractivity contribution is 0.464. The number of nitrogens with zero attached hydrogens (tertiary/aromatic N) is 3. The molecule has 0 spiro atoms. The summed E-state index contributed by atoms with van der Waals surface area (Å²) >= 11 is 0. The van der Waals surface area contributed by atoms with Crippen LogP contribution >= 0.6 is 24.0 Å². The van der Waals surface area contributed by atoms with Crippen LogP contribution in [0.4, 0.5) is 0 Å². The van der Waals surface area contributed by atoms with Gasteiger partial charge in [-0.25, -0.2) is 4.99 Å². The highest BCUT2D eigenvalue weighted by atomic mass is 127. The third-order valence-electron chi connectivity index (χ3n) is 2.88. The average molecular weight is 390 g/mol. The standard InChI is InChI=1S/C15H26N4.HI/c1-5-7-11-19(4)15(16-6-2)17-12-14-10-8-9-13(3)18-14;/h8-10H,5-7,11-12H2,1-4H3,(H,16,17);1H. The Bertz CT molecular complexity index is 407. The van der Waals surface area contributed by atoms with Gasteiger partial charge < -0.3 is 10.2 Å². The molecular weight excluding hydrogens is 363 g/mol. The number of hydrogen-bond donors (Lipinski definition) is 1. The molecule has 4 nitrogen and oxygen atoms in total. The first-order chi connectivity index (χ1) is 9.17. The van der Waals surface area contributed by atoms with Crippen LogP contribution in [0.15, 0.2) is 23.2 Å². The minimum absolute atomic E-state index is 0. The van der Waals surface area contributed by atoms with Gasteiger partial charge in [-0.15, -0.1) is 24.0 Å². The number of unbranched alkanes of at least 4 members (excludes halogenated alkanes) is 1. The van der Waals surface area contributed by atoms with Crippen molar-refractivity contribution >= 4 is 29.9 Å². The van der Waals surface area contributed by atoms with Crippen molar-refractivity contribution in [1.82, 2.24) is 15.2 Å². The Balaban J connectivity index is 0.00000361. The molecule has 1 rings (SSSR count). The molecule has 114 valence electrons. The molecule has 0 aliphatic heterocycles. The zero-order chi connectivity index (χ0) is 14.1. The van der Waals surface area contributed by atoms with E-state index in [1.165, 1.54) is 12.8 Å². The van der Waals surface area contributed by atoms with Crippen LogP contribution in [0.25, 0.3) is 0 Å². The molecule has 5 heteroatoms. The second-order valence-corrected chi connectivity index (χ2v) is 4.72. The fourth-order valence-electron chi connectivity index (χ4n) is 1.81. The molecule has 0 bridgehead atoms. The van der Waals surface area contributed by atoms with Gasteiger partial charge in [0.05, 0.1) is 12.2 Å². The molecule has 0 amide bonds. The van der Waals surface area contributed by atoms with E-state index in [-0.39, 0.29) is 24.0 Å². The van der Waals surface area contributed by atoms with E-state index in [2.05, 4.69) is 41.1 Å². The van der Waals surface area contributed by atoms with E-state index in [9.17, 15) is 0 Å². The zero-order valence-corrected chi connectivity index (χ0v) is 15.3. The van der Waals surface area contributed by atoms with Crippen LogP contribution in [-0.4, -0.2) is 36.0 Å². The van der Waals surface area contributed by atoms with E-state index >= 15 is 0 Å². The molecule has 0 aliphatic rings. The van der Waals surface area contributed by atoms with Gasteiger partial charge in [0.15, 0.2) is 5.96 Å². The van der Waals surface area contributed by atoms with Crippen LogP contribution in [0, 0.1) is 6.92 Å². The maximum absolute atomic E-state index is 4.65. The largest absolute Gasteiger partial charge is 0.357 e. The van der Waals surface area contributed by atoms with Crippen molar-refractivity contribution in [3.05, 3.63) is 29.6 Å². The van der Waals surface area contributed by atoms with Crippen LogP contribution < -0.4 is 5.32 Å². The number of halogens is 1. The summed E-state index contributed by atoms with van der Waals surface area (Å²) in [5.41, 5.74) is 2.05. The van der Waals surface area contributed by atoms with Gasteiger partial charge in [0, 0.05) is 25.8 Å². The molecule has 1 heterocycles. The smallest absolute Gasteiger partial charge is 0.194 e. The van der Waals surface area contributed by atoms with Crippen LogP contribution in [0.2, 0.25) is 0 Å². The normalized spacial score (nSPS) is 10.9. The van der Waals surface area contributed by atoms with Crippen molar-refractivity contribution in [1.29, 1.82) is 0 Å². The van der Waals surface area contributed by atoms with E-state index in [4.69, 9.17) is 0 Å². The molecular formula is C15H27IN4. The van der Waals surface area contributed by atoms with Crippen LogP contribution in [0.5, 0.6) is 0 Å². The maximum Gasteiger partial charge on any atom is 0.194 e. The number of hydrogen-bond acceptors (Lipinski definition) is 2. The predicted molar refractivity (Wildman–Crippen MR) is 96.7 cm³/mol. The Kier molecular flexibility index (Phi) is 10.4. The third kappa shape index (κ3) is 7.07. The molecule has 0 aromatic carbocycles. The van der Waals surface area contributed by atoms with Gasteiger partial charge in [-0.3, -0.25) is 4.98 Å². The van der Waals surface area contributed by atoms with Gasteiger partial charge in [-0.1, -0.05) is 19.4 Å². The lowest BCUT2D eigenvalue weighted by Crippen LogP contribution is -2.39. The van der Waals surface area contributed by atoms with Gasteiger partial charge in [-0.05, 0) is 32.4 Å². The first kappa shape index (κ1) is 19.1. The summed E-state index contributed by atoms with van der Waals surface area (Å²) in [4.78, 5) is 11.3. The van der Waals surface area contributed by atoms with Crippen molar-refractivity contribution in [2.24, 2.45) is 4.99 Å². The number of guanidine groups is 1. The molecule has 0 saturated heterocycles. The fourth-order valence-corrected chi connectivity index (χ4v) is 1.81. The van der Waals surface area contributed by atoms with E-state index < -0.39 is 0 Å². The lowest BCUT2D eigenvalue weighted by atomic mass is 10.3. The first-order valence-corrected chi connectivity index (χ1v) is 7.09. The topological polar surface area (TPSA) is 40.5 Å². The molecule has 1 N–H and O–H groups in total. The Hall–Kier alpha value is -0.850. The summed E-state index contributed by atoms with van der Waals surface area (Å²) in [6.07, 6.45) is 2.38. The van der Waals surface area contributed by atoms with Gasteiger partial charge in [0.1, 0.15) is 0 Å². The molecule has 0 atom stereocenters. The van der Waals surface area contributed by atoms with Crippen molar-refractivity contribution < 1.29 is 0 Å². The molecule has 0 aliphatic carbocycles. The molecule has 0 unspecified atom stereocenters. The van der Waals surface area contributed by atoms with Crippen molar-refractivity contribution in [3.63, 3.8) is 0 Å². The summed E-state index contributed by atoms with van der Waals surface area (Å²) in [5.74, 6) is 0.958. The quantitative estimate of drug-likeness (QED) is 0.461. The highest BCUT2D eigenvalue weighted by molar-refractivity contribution is 14.0. The number of rotatable bonds is 6. The van der Waals surface area contributed by atoms with E-state index in [0.29, 0.717) is 6.54 Å². The summed E-state index contributed by atoms with van der Waals surface area (Å²) in [6, 6.07) is 6.05. The molecule has 1 aromatic heterocycles. The third-order valence-corrected chi connectivity index (χ3v) is 2.88. The van der Waals surface area contributed by atoms with Crippen molar-refractivity contribution in [3.8, 4) is 0 Å². The number of aromatic nitrogens is 1. The number of pyridine rings is 1. The molecule has 0 radical (unpaired) electrons. The van der Waals surface area contributed by atoms with Crippen LogP contribution in [0.3, 0.4) is 0 Å². The van der Waals surface area contributed by atoms with Crippen molar-refractivity contribution in [2.75, 3.05) is 20.1 Å². The monoisotopic (exact) mass is 390 g/mol. The first-order valence-electron chi connectivity index (χ1n) is 7.09. The highest BCUT2D eigenvalue weighted by Gasteiger charge is 2.04. The Morgan fingerprint density at radius 2 is 2.10 bits per heavy atom. The van der Waals surface area contributed by atoms with Gasteiger partial charge in [-0.2, -0.15) is 0 Å². The zero-order valence-electron chi connectivity index (χ0n) is 13.0. The van der Waals surface area contributed by atoms with E-state index in [1.807, 2.05) is 25.1 Å². The van der Waals surface area contributed by atoms with E-state index in [1.54, 1.807) is 0 Å². The Morgan fingerprint density at radius 1 is 1.35 bits per heavy atom. The van der Waals surface area contributed by atoms with E-state index in [0.717, 1.165) is 30.4 Å². The predicted octanol–water partition coefficient (Wildman–Crippen LogP) is 3.21. The van der Waals surface area contributed by atoms with Gasteiger partial charge in [0.25, 0.3) is 0 Å². The number of nitrogens with one attached hydrogen (secondary N) is 1. The minimum Gasteiger partial charge on any atom is -0.357 e. The van der Waals surface area contributed by atoms with Gasteiger partial charge >= 0.3 is 0 Å². The molecule has 1 aromatic rings. The molecule has 0 fully saturated rings. The number of aliphatic imine (C=N–C) groups is 1. The van der Waals surface area contributed by atoms with Crippen molar-refractivity contribution in [2.45, 2.75) is 40.2 Å². The molecule has 0 saturated carbocycles. The average Bonchev–Trinajstić information content (AvgIpc) is 2.41. The lowest BCUT2D eigenvalue weighted by Gasteiger charge is -2.21. The summed E-state index contributed by atoms with van der Waals surface area (Å²) in [7, 11) is 2.08. The summed E-state index contributed by atoms with van der Waals surface area (Å²) in [6.45, 7) is 8.84. The maximum atomic E-state index is 4.65. The Labute approximate surface area is 140 Å². The SMILES string of the molecule is CCCCN(C)C(=NCc1cccc(C)n1)NCC.I. The van der Waals surface area contributed by atoms with Crippen LogP contribution in [-0.2, 0) is 6.54 Å². The summed E-state index contributed by atoms with van der Waals surface area (Å²) in [5, 5.41) is 3.32. The fraction of sp³-hybridized carbons (Fsp3) is 0.600. The number of aryl methyl sites for hydroxylation is 1.